The molecule has 2 aromatic rings. The molecule has 1 saturated heterocycles. The van der Waals surface area contributed by atoms with Crippen LogP contribution in [0.5, 0.6) is 0 Å². The molecule has 8 heteroatoms. The summed E-state index contributed by atoms with van der Waals surface area (Å²) < 4.78 is 56.0. The van der Waals surface area contributed by atoms with Gasteiger partial charge in [0.15, 0.2) is 0 Å². The van der Waals surface area contributed by atoms with Gasteiger partial charge in [-0.3, -0.25) is 0 Å². The van der Waals surface area contributed by atoms with E-state index in [0.717, 1.165) is 30.4 Å². The predicted molar refractivity (Wildman–Crippen MR) is 128 cm³/mol. The first-order chi connectivity index (χ1) is 14.9. The van der Waals surface area contributed by atoms with Crippen LogP contribution in [0.25, 0.3) is 0 Å². The topological polar surface area (TPSA) is 83.6 Å². The molecule has 1 unspecified atom stereocenters. The predicted octanol–water partition coefficient (Wildman–Crippen LogP) is 4.20. The van der Waals surface area contributed by atoms with Gasteiger partial charge in [0.05, 0.1) is 9.79 Å². The second-order valence-corrected chi connectivity index (χ2v) is 13.2. The van der Waals surface area contributed by atoms with E-state index < -0.39 is 20.0 Å². The summed E-state index contributed by atoms with van der Waals surface area (Å²) in [5.74, 6) is 0. The monoisotopic (exact) mass is 478 g/mol. The van der Waals surface area contributed by atoms with Gasteiger partial charge in [-0.2, -0.15) is 4.31 Å². The molecule has 0 aliphatic carbocycles. The van der Waals surface area contributed by atoms with Gasteiger partial charge in [0.2, 0.25) is 20.0 Å². The molecule has 0 saturated carbocycles. The lowest BCUT2D eigenvalue weighted by Crippen LogP contribution is -2.45. The van der Waals surface area contributed by atoms with E-state index in [4.69, 9.17) is 0 Å². The molecule has 176 valence electrons. The smallest absolute Gasteiger partial charge is 0.211 e. The van der Waals surface area contributed by atoms with Crippen molar-refractivity contribution in [1.29, 1.82) is 0 Å². The van der Waals surface area contributed by atoms with Crippen LogP contribution in [-0.4, -0.2) is 40.3 Å². The molecule has 0 radical (unpaired) electrons. The van der Waals surface area contributed by atoms with Gasteiger partial charge in [0.1, 0.15) is 0 Å². The minimum Gasteiger partial charge on any atom is -0.211 e. The van der Waals surface area contributed by atoms with Crippen molar-refractivity contribution in [3.8, 4) is 0 Å². The van der Waals surface area contributed by atoms with E-state index in [1.165, 1.54) is 0 Å². The first-order valence-electron chi connectivity index (χ1n) is 11.1. The van der Waals surface area contributed by atoms with Gasteiger partial charge >= 0.3 is 0 Å². The summed E-state index contributed by atoms with van der Waals surface area (Å²) in [6.07, 6.45) is 2.91. The van der Waals surface area contributed by atoms with Crippen molar-refractivity contribution in [2.24, 2.45) is 0 Å². The van der Waals surface area contributed by atoms with E-state index in [-0.39, 0.29) is 27.8 Å². The minimum atomic E-state index is -3.65. The van der Waals surface area contributed by atoms with Gasteiger partial charge < -0.3 is 0 Å². The second kappa shape index (κ2) is 9.63. The summed E-state index contributed by atoms with van der Waals surface area (Å²) in [4.78, 5) is 0.507. The fourth-order valence-electron chi connectivity index (χ4n) is 4.00. The van der Waals surface area contributed by atoms with E-state index in [1.807, 2.05) is 19.1 Å². The average Bonchev–Trinajstić information content (AvgIpc) is 2.74. The van der Waals surface area contributed by atoms with Crippen LogP contribution in [0, 0.1) is 6.92 Å². The summed E-state index contributed by atoms with van der Waals surface area (Å²) >= 11 is 0. The van der Waals surface area contributed by atoms with Crippen molar-refractivity contribution in [2.45, 2.75) is 74.6 Å². The molecule has 32 heavy (non-hydrogen) atoms. The van der Waals surface area contributed by atoms with Crippen LogP contribution in [-0.2, 0) is 25.5 Å². The summed E-state index contributed by atoms with van der Waals surface area (Å²) in [7, 11) is -7.26. The first kappa shape index (κ1) is 24.9. The molecule has 6 nitrogen and oxygen atoms in total. The van der Waals surface area contributed by atoms with Crippen LogP contribution >= 0.6 is 0 Å². The van der Waals surface area contributed by atoms with Crippen LogP contribution < -0.4 is 4.72 Å². The van der Waals surface area contributed by atoms with Crippen molar-refractivity contribution in [3.05, 3.63) is 59.7 Å². The Bertz CT molecular complexity index is 1120. The SMILES string of the molecule is Cc1ccc(S(=O)(=O)N2CCCCC2CCNS(=O)(=O)c2ccc(C(C)(C)C)cc2)cc1. The molecule has 1 atom stereocenters. The molecule has 1 heterocycles. The maximum atomic E-state index is 13.2. The Labute approximate surface area is 193 Å². The highest BCUT2D eigenvalue weighted by Crippen LogP contribution is 2.27. The number of hydrogen-bond donors (Lipinski definition) is 1. The van der Waals surface area contributed by atoms with E-state index in [1.54, 1.807) is 40.7 Å². The number of benzene rings is 2. The van der Waals surface area contributed by atoms with Crippen LogP contribution in [0.1, 0.15) is 57.6 Å². The molecule has 0 amide bonds. The molecule has 1 aliphatic heterocycles. The minimum absolute atomic E-state index is 0.0525. The molecule has 1 aliphatic rings. The van der Waals surface area contributed by atoms with Crippen LogP contribution in [0.2, 0.25) is 0 Å². The van der Waals surface area contributed by atoms with Gasteiger partial charge in [-0.1, -0.05) is 57.0 Å². The highest BCUT2D eigenvalue weighted by Gasteiger charge is 2.33. The summed E-state index contributed by atoms with van der Waals surface area (Å²) in [6.45, 7) is 8.80. The summed E-state index contributed by atoms with van der Waals surface area (Å²) in [5, 5.41) is 0. The Morgan fingerprint density at radius 1 is 0.906 bits per heavy atom. The maximum absolute atomic E-state index is 13.2. The highest BCUT2D eigenvalue weighted by molar-refractivity contribution is 7.89. The molecule has 0 aromatic heterocycles. The van der Waals surface area contributed by atoms with E-state index in [0.29, 0.717) is 13.0 Å². The molecule has 0 spiro atoms. The zero-order valence-electron chi connectivity index (χ0n) is 19.3. The number of aryl methyl sites for hydroxylation is 1. The number of piperidine rings is 1. The third-order valence-electron chi connectivity index (χ3n) is 6.00. The van der Waals surface area contributed by atoms with Crippen LogP contribution in [0.15, 0.2) is 58.3 Å². The van der Waals surface area contributed by atoms with Crippen LogP contribution in [0.3, 0.4) is 0 Å². The van der Waals surface area contributed by atoms with Crippen molar-refractivity contribution in [3.63, 3.8) is 0 Å². The van der Waals surface area contributed by atoms with Gasteiger partial charge in [0.25, 0.3) is 0 Å². The number of rotatable bonds is 7. The zero-order chi connectivity index (χ0) is 23.6. The Morgan fingerprint density at radius 2 is 1.50 bits per heavy atom. The molecular weight excluding hydrogens is 444 g/mol. The molecule has 3 rings (SSSR count). The normalized spacial score (nSPS) is 18.6. The molecule has 1 fully saturated rings. The van der Waals surface area contributed by atoms with Crippen molar-refractivity contribution < 1.29 is 16.8 Å². The van der Waals surface area contributed by atoms with Crippen molar-refractivity contribution >= 4 is 20.0 Å². The molecular formula is C24H34N2O4S2. The zero-order valence-corrected chi connectivity index (χ0v) is 21.0. The van der Waals surface area contributed by atoms with Gasteiger partial charge in [-0.05, 0) is 61.4 Å². The van der Waals surface area contributed by atoms with Gasteiger partial charge in [-0.25, -0.2) is 21.6 Å². The number of nitrogens with one attached hydrogen (secondary N) is 1. The van der Waals surface area contributed by atoms with E-state index in [9.17, 15) is 16.8 Å². The lowest BCUT2D eigenvalue weighted by atomic mass is 9.87. The number of nitrogens with zero attached hydrogens (tertiary/aromatic N) is 1. The van der Waals surface area contributed by atoms with E-state index >= 15 is 0 Å². The lowest BCUT2D eigenvalue weighted by Gasteiger charge is -2.34. The summed E-state index contributed by atoms with van der Waals surface area (Å²) in [6, 6.07) is 13.6. The van der Waals surface area contributed by atoms with Crippen LogP contribution in [0.4, 0.5) is 0 Å². The number of hydrogen-bond acceptors (Lipinski definition) is 4. The Morgan fingerprint density at radius 3 is 2.09 bits per heavy atom. The average molecular weight is 479 g/mol. The quantitative estimate of drug-likeness (QED) is 0.646. The van der Waals surface area contributed by atoms with Crippen molar-refractivity contribution in [1.82, 2.24) is 9.03 Å². The fraction of sp³-hybridized carbons (Fsp3) is 0.500. The highest BCUT2D eigenvalue weighted by atomic mass is 32.2. The first-order valence-corrected chi connectivity index (χ1v) is 14.0. The maximum Gasteiger partial charge on any atom is 0.243 e. The molecule has 2 aromatic carbocycles. The number of sulfonamides is 2. The molecule has 1 N–H and O–H groups in total. The van der Waals surface area contributed by atoms with Crippen molar-refractivity contribution in [2.75, 3.05) is 13.1 Å². The van der Waals surface area contributed by atoms with E-state index in [2.05, 4.69) is 25.5 Å². The largest absolute Gasteiger partial charge is 0.243 e. The fourth-order valence-corrected chi connectivity index (χ4v) is 6.77. The molecule has 0 bridgehead atoms. The Kier molecular flexibility index (Phi) is 7.49. The van der Waals surface area contributed by atoms with Gasteiger partial charge in [0, 0.05) is 19.1 Å². The Balaban J connectivity index is 1.67. The lowest BCUT2D eigenvalue weighted by molar-refractivity contribution is 0.242. The third kappa shape index (κ3) is 5.78. The standard InChI is InChI=1S/C24H34N2O4S2/c1-19-8-12-23(13-9-19)32(29,30)26-18-6-5-7-21(26)16-17-25-31(27,28)22-14-10-20(11-15-22)24(2,3)4/h8-15,21,25H,5-7,16-18H2,1-4H3. The summed E-state index contributed by atoms with van der Waals surface area (Å²) in [5.41, 5.74) is 2.02. The Hall–Kier alpha value is -1.74. The third-order valence-corrected chi connectivity index (χ3v) is 9.44. The second-order valence-electron chi connectivity index (χ2n) is 9.54. The van der Waals surface area contributed by atoms with Gasteiger partial charge in [-0.15, -0.1) is 0 Å².